The highest BCUT2D eigenvalue weighted by Gasteiger charge is 2.31. The van der Waals surface area contributed by atoms with Gasteiger partial charge in [0.1, 0.15) is 0 Å². The van der Waals surface area contributed by atoms with Gasteiger partial charge in [-0.1, -0.05) is 12.5 Å². The van der Waals surface area contributed by atoms with E-state index in [4.69, 9.17) is 0 Å². The minimum atomic E-state index is 0.363. The maximum absolute atomic E-state index is 11.2. The normalized spacial score (nSPS) is 34.8. The molecule has 0 aliphatic heterocycles. The third-order valence-corrected chi connectivity index (χ3v) is 3.37. The van der Waals surface area contributed by atoms with Crippen molar-refractivity contribution in [3.05, 3.63) is 11.6 Å². The molecule has 12 heavy (non-hydrogen) atoms. The fraction of sp³-hybridized carbons (Fsp3) is 0.727. The van der Waals surface area contributed by atoms with Crippen LogP contribution in [0.3, 0.4) is 0 Å². The molecule has 0 radical (unpaired) electrons. The predicted octanol–water partition coefficient (Wildman–Crippen LogP) is 2.71. The lowest BCUT2D eigenvalue weighted by atomic mass is 9.86. The van der Waals surface area contributed by atoms with Crippen LogP contribution in [-0.4, -0.2) is 5.78 Å². The third kappa shape index (κ3) is 1.21. The number of carbonyl (C=O) groups is 1. The number of allylic oxidation sites excluding steroid dienone is 2. The van der Waals surface area contributed by atoms with Gasteiger partial charge in [0.15, 0.2) is 5.78 Å². The first-order chi connectivity index (χ1) is 5.81. The van der Waals surface area contributed by atoms with Gasteiger partial charge in [0, 0.05) is 6.42 Å². The molecule has 2 unspecified atom stereocenters. The Morgan fingerprint density at radius 2 is 2.25 bits per heavy atom. The zero-order valence-corrected chi connectivity index (χ0v) is 7.68. The van der Waals surface area contributed by atoms with Crippen molar-refractivity contribution in [3.63, 3.8) is 0 Å². The Kier molecular flexibility index (Phi) is 2.03. The monoisotopic (exact) mass is 164 g/mol. The van der Waals surface area contributed by atoms with Crippen LogP contribution < -0.4 is 0 Å². The predicted molar refractivity (Wildman–Crippen MR) is 48.8 cm³/mol. The van der Waals surface area contributed by atoms with Crippen molar-refractivity contribution in [1.82, 2.24) is 0 Å². The van der Waals surface area contributed by atoms with Crippen LogP contribution in [0.5, 0.6) is 0 Å². The molecule has 1 fully saturated rings. The summed E-state index contributed by atoms with van der Waals surface area (Å²) in [4.78, 5) is 11.2. The quantitative estimate of drug-likeness (QED) is 0.582. The number of ketones is 1. The summed E-state index contributed by atoms with van der Waals surface area (Å²) in [6.07, 6.45) is 7.73. The van der Waals surface area contributed by atoms with Crippen LogP contribution in [0, 0.1) is 11.8 Å². The van der Waals surface area contributed by atoms with Crippen LogP contribution in [-0.2, 0) is 4.79 Å². The minimum absolute atomic E-state index is 0.363. The highest BCUT2D eigenvalue weighted by Crippen LogP contribution is 2.42. The molecule has 0 bridgehead atoms. The molecule has 2 aliphatic rings. The Balaban J connectivity index is 2.22. The lowest BCUT2D eigenvalue weighted by molar-refractivity contribution is -0.115. The molecule has 0 N–H and O–H groups in total. The van der Waals surface area contributed by atoms with Gasteiger partial charge >= 0.3 is 0 Å². The first-order valence-electron chi connectivity index (χ1n) is 5.05. The van der Waals surface area contributed by atoms with Crippen LogP contribution in [0.4, 0.5) is 0 Å². The zero-order valence-electron chi connectivity index (χ0n) is 7.68. The Morgan fingerprint density at radius 3 is 3.00 bits per heavy atom. The topological polar surface area (TPSA) is 17.1 Å². The van der Waals surface area contributed by atoms with Gasteiger partial charge in [-0.05, 0) is 43.6 Å². The van der Waals surface area contributed by atoms with E-state index in [2.05, 4.69) is 6.92 Å². The summed E-state index contributed by atoms with van der Waals surface area (Å²) in [5, 5.41) is 0. The first kappa shape index (κ1) is 8.03. The minimum Gasteiger partial charge on any atom is -0.295 e. The SMILES string of the molecule is CCC1CCC2CCC(=O)C=C12. The average molecular weight is 164 g/mol. The maximum Gasteiger partial charge on any atom is 0.155 e. The van der Waals surface area contributed by atoms with E-state index in [0.29, 0.717) is 5.78 Å². The highest BCUT2D eigenvalue weighted by molar-refractivity contribution is 5.91. The second-order valence-electron chi connectivity index (χ2n) is 4.03. The van der Waals surface area contributed by atoms with Crippen molar-refractivity contribution in [1.29, 1.82) is 0 Å². The molecule has 0 aromatic rings. The summed E-state index contributed by atoms with van der Waals surface area (Å²) in [6.45, 7) is 2.23. The molecule has 1 saturated carbocycles. The molecule has 0 saturated heterocycles. The largest absolute Gasteiger partial charge is 0.295 e. The van der Waals surface area contributed by atoms with Crippen molar-refractivity contribution in [2.45, 2.75) is 39.0 Å². The molecule has 0 spiro atoms. The van der Waals surface area contributed by atoms with E-state index in [1.807, 2.05) is 6.08 Å². The van der Waals surface area contributed by atoms with E-state index < -0.39 is 0 Å². The van der Waals surface area contributed by atoms with Crippen LogP contribution in [0.1, 0.15) is 39.0 Å². The number of hydrogen-bond acceptors (Lipinski definition) is 1. The summed E-state index contributed by atoms with van der Waals surface area (Å²) in [6, 6.07) is 0. The maximum atomic E-state index is 11.2. The van der Waals surface area contributed by atoms with E-state index in [9.17, 15) is 4.79 Å². The lowest BCUT2D eigenvalue weighted by Crippen LogP contribution is -2.12. The fourth-order valence-electron chi connectivity index (χ4n) is 2.63. The number of carbonyl (C=O) groups excluding carboxylic acids is 1. The van der Waals surface area contributed by atoms with E-state index in [1.165, 1.54) is 24.8 Å². The van der Waals surface area contributed by atoms with Gasteiger partial charge in [0.25, 0.3) is 0 Å². The molecule has 2 rings (SSSR count). The second kappa shape index (κ2) is 3.04. The standard InChI is InChI=1S/C11H16O/c1-2-8-3-4-9-5-6-10(12)7-11(8)9/h7-9H,2-6H2,1H3. The zero-order chi connectivity index (χ0) is 8.55. The third-order valence-electron chi connectivity index (χ3n) is 3.37. The van der Waals surface area contributed by atoms with Crippen molar-refractivity contribution in [2.75, 3.05) is 0 Å². The summed E-state index contributed by atoms with van der Waals surface area (Å²) in [5.74, 6) is 1.87. The molecule has 2 atom stereocenters. The summed E-state index contributed by atoms with van der Waals surface area (Å²) < 4.78 is 0. The molecule has 66 valence electrons. The number of fused-ring (bicyclic) bond motifs is 1. The lowest BCUT2D eigenvalue weighted by Gasteiger charge is -2.19. The molecule has 2 aliphatic carbocycles. The van der Waals surface area contributed by atoms with Gasteiger partial charge in [-0.2, -0.15) is 0 Å². The fourth-order valence-corrected chi connectivity index (χ4v) is 2.63. The summed E-state index contributed by atoms with van der Waals surface area (Å²) in [5.41, 5.74) is 1.48. The van der Waals surface area contributed by atoms with E-state index >= 15 is 0 Å². The van der Waals surface area contributed by atoms with E-state index in [1.54, 1.807) is 0 Å². The van der Waals surface area contributed by atoms with Gasteiger partial charge in [-0.15, -0.1) is 0 Å². The molecule has 0 aromatic carbocycles. The van der Waals surface area contributed by atoms with Crippen molar-refractivity contribution >= 4 is 5.78 Å². The molecule has 0 aromatic heterocycles. The van der Waals surface area contributed by atoms with Crippen LogP contribution >= 0.6 is 0 Å². The second-order valence-corrected chi connectivity index (χ2v) is 4.03. The van der Waals surface area contributed by atoms with Gasteiger partial charge < -0.3 is 0 Å². The Hall–Kier alpha value is -0.590. The van der Waals surface area contributed by atoms with Crippen molar-refractivity contribution in [2.24, 2.45) is 11.8 Å². The van der Waals surface area contributed by atoms with Crippen LogP contribution in [0.15, 0.2) is 11.6 Å². The van der Waals surface area contributed by atoms with Crippen molar-refractivity contribution < 1.29 is 4.79 Å². The number of rotatable bonds is 1. The average Bonchev–Trinajstić information content (AvgIpc) is 2.46. The molecule has 0 heterocycles. The van der Waals surface area contributed by atoms with Gasteiger partial charge in [0.05, 0.1) is 0 Å². The smallest absolute Gasteiger partial charge is 0.155 e. The molecular weight excluding hydrogens is 148 g/mol. The first-order valence-corrected chi connectivity index (χ1v) is 5.05. The molecule has 0 amide bonds. The van der Waals surface area contributed by atoms with Gasteiger partial charge in [-0.25, -0.2) is 0 Å². The highest BCUT2D eigenvalue weighted by atomic mass is 16.1. The Bertz CT molecular complexity index is 227. The van der Waals surface area contributed by atoms with E-state index in [0.717, 1.165) is 24.7 Å². The molecular formula is C11H16O. The molecule has 1 nitrogen and oxygen atoms in total. The Morgan fingerprint density at radius 1 is 1.42 bits per heavy atom. The summed E-state index contributed by atoms with van der Waals surface area (Å²) >= 11 is 0. The van der Waals surface area contributed by atoms with Crippen LogP contribution in [0.2, 0.25) is 0 Å². The summed E-state index contributed by atoms with van der Waals surface area (Å²) in [7, 11) is 0. The van der Waals surface area contributed by atoms with Gasteiger partial charge in [-0.3, -0.25) is 4.79 Å². The van der Waals surface area contributed by atoms with Crippen molar-refractivity contribution in [3.8, 4) is 0 Å². The Labute approximate surface area is 73.8 Å². The molecule has 1 heteroatoms. The number of hydrogen-bond donors (Lipinski definition) is 0. The van der Waals surface area contributed by atoms with Crippen LogP contribution in [0.25, 0.3) is 0 Å². The van der Waals surface area contributed by atoms with E-state index in [-0.39, 0.29) is 0 Å². The van der Waals surface area contributed by atoms with Gasteiger partial charge in [0.2, 0.25) is 0 Å².